The summed E-state index contributed by atoms with van der Waals surface area (Å²) in [6.45, 7) is 2.69. The molecule has 6 heteroatoms. The largest absolute Gasteiger partial charge is 0.496 e. The van der Waals surface area contributed by atoms with Crippen LogP contribution in [0, 0.1) is 0 Å². The van der Waals surface area contributed by atoms with Crippen LogP contribution >= 0.6 is 0 Å². The number of fused-ring (bicyclic) bond motifs is 1. The minimum absolute atomic E-state index is 0.287. The second-order valence-electron chi connectivity index (χ2n) is 3.75. The zero-order valence-electron chi connectivity index (χ0n) is 9.97. The van der Waals surface area contributed by atoms with Crippen LogP contribution in [0.4, 0.5) is 0 Å². The Balaban J connectivity index is 2.52. The molecule has 17 heavy (non-hydrogen) atoms. The van der Waals surface area contributed by atoms with Crippen molar-refractivity contribution >= 4 is 12.6 Å². The molecule has 5 nitrogen and oxygen atoms in total. The molecule has 0 bridgehead atoms. The number of methoxy groups -OCH3 is 1. The first-order valence-corrected chi connectivity index (χ1v) is 5.60. The van der Waals surface area contributed by atoms with Crippen LogP contribution in [0.1, 0.15) is 18.6 Å². The first-order chi connectivity index (χ1) is 8.22. The second-order valence-corrected chi connectivity index (χ2v) is 3.75. The van der Waals surface area contributed by atoms with Crippen molar-refractivity contribution in [1.29, 1.82) is 0 Å². The fourth-order valence-electron chi connectivity index (χ4n) is 2.06. The summed E-state index contributed by atoms with van der Waals surface area (Å²) < 4.78 is 16.1. The topological polar surface area (TPSA) is 73.9 Å². The first-order valence-electron chi connectivity index (χ1n) is 5.60. The number of ether oxygens (including phenoxy) is 2. The van der Waals surface area contributed by atoms with E-state index in [2.05, 4.69) is 0 Å². The fourth-order valence-corrected chi connectivity index (χ4v) is 2.06. The molecule has 2 rings (SSSR count). The lowest BCUT2D eigenvalue weighted by atomic mass is 9.78. The molecule has 0 saturated carbocycles. The van der Waals surface area contributed by atoms with E-state index in [-0.39, 0.29) is 6.10 Å². The molecular weight excluding hydrogens is 221 g/mol. The van der Waals surface area contributed by atoms with Gasteiger partial charge in [-0.05, 0) is 18.6 Å². The molecule has 0 fully saturated rings. The Labute approximate surface area is 101 Å². The maximum Gasteiger partial charge on any atom is 0.496 e. The summed E-state index contributed by atoms with van der Waals surface area (Å²) in [5, 5.41) is 9.90. The van der Waals surface area contributed by atoms with Gasteiger partial charge in [0.25, 0.3) is 0 Å². The maximum absolute atomic E-state index is 9.90. The number of nitrogens with two attached hydrogens (primary N) is 1. The van der Waals surface area contributed by atoms with Gasteiger partial charge >= 0.3 is 7.12 Å². The van der Waals surface area contributed by atoms with Gasteiger partial charge in [-0.2, -0.15) is 0 Å². The van der Waals surface area contributed by atoms with E-state index in [0.717, 1.165) is 5.56 Å². The van der Waals surface area contributed by atoms with E-state index in [1.807, 2.05) is 13.0 Å². The van der Waals surface area contributed by atoms with Crippen molar-refractivity contribution in [2.24, 2.45) is 5.73 Å². The van der Waals surface area contributed by atoms with Crippen LogP contribution in [0.5, 0.6) is 11.5 Å². The molecule has 0 radical (unpaired) electrons. The summed E-state index contributed by atoms with van der Waals surface area (Å²) in [4.78, 5) is 0. The van der Waals surface area contributed by atoms with Gasteiger partial charge in [0, 0.05) is 12.0 Å². The third-order valence-corrected chi connectivity index (χ3v) is 2.80. The molecule has 92 valence electrons. The van der Waals surface area contributed by atoms with Gasteiger partial charge in [0.2, 0.25) is 0 Å². The highest BCUT2D eigenvalue weighted by atomic mass is 16.5. The Hall–Kier alpha value is -1.24. The minimum atomic E-state index is -1.00. The Bertz CT molecular complexity index is 413. The Kier molecular flexibility index (Phi) is 3.56. The molecule has 1 heterocycles. The molecule has 1 unspecified atom stereocenters. The number of benzene rings is 1. The molecule has 1 aliphatic heterocycles. The second kappa shape index (κ2) is 4.95. The van der Waals surface area contributed by atoms with Crippen molar-refractivity contribution in [1.82, 2.24) is 0 Å². The molecule has 3 N–H and O–H groups in total. The molecule has 0 spiro atoms. The van der Waals surface area contributed by atoms with Crippen LogP contribution in [0.25, 0.3) is 0 Å². The van der Waals surface area contributed by atoms with Gasteiger partial charge in [0.1, 0.15) is 0 Å². The molecule has 0 aliphatic carbocycles. The molecule has 0 aromatic heterocycles. The maximum atomic E-state index is 9.90. The molecule has 1 atom stereocenters. The molecular formula is C11H16BNO4. The summed E-state index contributed by atoms with van der Waals surface area (Å²) in [7, 11) is 0.558. The predicted octanol–water partition coefficient (Wildman–Crippen LogP) is -0.189. The summed E-state index contributed by atoms with van der Waals surface area (Å²) in [5.74, 6) is 1.13. The van der Waals surface area contributed by atoms with Crippen LogP contribution in [-0.2, 0) is 4.65 Å². The highest BCUT2D eigenvalue weighted by molar-refractivity contribution is 6.63. The predicted molar refractivity (Wildman–Crippen MR) is 64.7 cm³/mol. The van der Waals surface area contributed by atoms with Crippen molar-refractivity contribution in [3.8, 4) is 11.5 Å². The standard InChI is InChI=1S/C11H16BNO4/c1-3-16-11-8(15-2)5-4-7-9(6-13)17-12(14)10(7)11/h4-5,9,14H,3,6,13H2,1-2H3. The number of rotatable bonds is 4. The van der Waals surface area contributed by atoms with Crippen LogP contribution in [0.3, 0.4) is 0 Å². The van der Waals surface area contributed by atoms with Crippen LogP contribution in [-0.4, -0.2) is 32.4 Å². The third-order valence-electron chi connectivity index (χ3n) is 2.80. The lowest BCUT2D eigenvalue weighted by Crippen LogP contribution is -2.30. The van der Waals surface area contributed by atoms with Gasteiger partial charge in [0.15, 0.2) is 11.5 Å². The third kappa shape index (κ3) is 1.99. The molecule has 1 aromatic carbocycles. The molecule has 0 saturated heterocycles. The first kappa shape index (κ1) is 12.2. The lowest BCUT2D eigenvalue weighted by molar-refractivity contribution is 0.198. The highest BCUT2D eigenvalue weighted by Gasteiger charge is 2.38. The van der Waals surface area contributed by atoms with Crippen molar-refractivity contribution in [2.45, 2.75) is 13.0 Å². The Morgan fingerprint density at radius 1 is 1.53 bits per heavy atom. The van der Waals surface area contributed by atoms with Gasteiger partial charge in [-0.3, -0.25) is 0 Å². The zero-order valence-corrected chi connectivity index (χ0v) is 9.97. The van der Waals surface area contributed by atoms with Gasteiger partial charge in [-0.1, -0.05) is 6.07 Å². The average molecular weight is 237 g/mol. The Morgan fingerprint density at radius 3 is 2.88 bits per heavy atom. The summed E-state index contributed by atoms with van der Waals surface area (Å²) in [6, 6.07) is 3.65. The molecule has 1 aromatic rings. The van der Waals surface area contributed by atoms with Crippen LogP contribution in [0.15, 0.2) is 12.1 Å². The minimum Gasteiger partial charge on any atom is -0.493 e. The molecule has 1 aliphatic rings. The summed E-state index contributed by atoms with van der Waals surface area (Å²) in [5.41, 5.74) is 7.09. The Morgan fingerprint density at radius 2 is 2.29 bits per heavy atom. The van der Waals surface area contributed by atoms with Crippen molar-refractivity contribution in [3.05, 3.63) is 17.7 Å². The van der Waals surface area contributed by atoms with E-state index in [9.17, 15) is 5.02 Å². The highest BCUT2D eigenvalue weighted by Crippen LogP contribution is 2.33. The van der Waals surface area contributed by atoms with Gasteiger partial charge in [-0.15, -0.1) is 0 Å². The average Bonchev–Trinajstić information content (AvgIpc) is 2.67. The van der Waals surface area contributed by atoms with E-state index in [0.29, 0.717) is 30.1 Å². The summed E-state index contributed by atoms with van der Waals surface area (Å²) >= 11 is 0. The van der Waals surface area contributed by atoms with Crippen molar-refractivity contribution < 1.29 is 19.2 Å². The smallest absolute Gasteiger partial charge is 0.493 e. The summed E-state index contributed by atoms with van der Waals surface area (Å²) in [6.07, 6.45) is -0.287. The van der Waals surface area contributed by atoms with E-state index in [1.54, 1.807) is 13.2 Å². The van der Waals surface area contributed by atoms with Crippen molar-refractivity contribution in [3.63, 3.8) is 0 Å². The van der Waals surface area contributed by atoms with E-state index < -0.39 is 7.12 Å². The van der Waals surface area contributed by atoms with Gasteiger partial charge < -0.3 is 24.9 Å². The number of hydrogen-bond donors (Lipinski definition) is 2. The zero-order chi connectivity index (χ0) is 12.4. The van der Waals surface area contributed by atoms with E-state index in [1.165, 1.54) is 0 Å². The van der Waals surface area contributed by atoms with Gasteiger partial charge in [-0.25, -0.2) is 0 Å². The van der Waals surface area contributed by atoms with Gasteiger partial charge in [0.05, 0.1) is 19.8 Å². The normalized spacial score (nSPS) is 18.1. The number of hydrogen-bond acceptors (Lipinski definition) is 5. The van der Waals surface area contributed by atoms with Crippen LogP contribution in [0.2, 0.25) is 0 Å². The van der Waals surface area contributed by atoms with Crippen LogP contribution < -0.4 is 20.7 Å². The lowest BCUT2D eigenvalue weighted by Gasteiger charge is -2.14. The molecule has 0 amide bonds. The fraction of sp³-hybridized carbons (Fsp3) is 0.455. The quantitative estimate of drug-likeness (QED) is 0.710. The monoisotopic (exact) mass is 237 g/mol. The SMILES string of the molecule is CCOc1c(OC)ccc2c1B(O)OC2CN. The van der Waals surface area contributed by atoms with E-state index >= 15 is 0 Å². The van der Waals surface area contributed by atoms with Crippen molar-refractivity contribution in [2.75, 3.05) is 20.3 Å². The van der Waals surface area contributed by atoms with E-state index in [4.69, 9.17) is 19.9 Å².